The molecule has 1 atom stereocenters. The van der Waals surface area contributed by atoms with Gasteiger partial charge in [-0.2, -0.15) is 13.2 Å². The molecule has 1 aromatic rings. The van der Waals surface area contributed by atoms with Gasteiger partial charge in [0.1, 0.15) is 0 Å². The summed E-state index contributed by atoms with van der Waals surface area (Å²) >= 11 is 0. The number of likely N-dealkylation sites (tertiary alicyclic amines) is 1. The van der Waals surface area contributed by atoms with Gasteiger partial charge in [0.25, 0.3) is 0 Å². The number of halogens is 3. The van der Waals surface area contributed by atoms with E-state index < -0.39 is 11.7 Å². The van der Waals surface area contributed by atoms with Crippen molar-refractivity contribution in [1.29, 1.82) is 0 Å². The predicted octanol–water partition coefficient (Wildman–Crippen LogP) is 4.89. The fourth-order valence-corrected chi connectivity index (χ4v) is 4.54. The van der Waals surface area contributed by atoms with Crippen LogP contribution < -0.4 is 5.32 Å². The Kier molecular flexibility index (Phi) is 7.42. The van der Waals surface area contributed by atoms with E-state index in [1.807, 2.05) is 11.8 Å². The summed E-state index contributed by atoms with van der Waals surface area (Å²) in [5, 5.41) is 3.04. The van der Waals surface area contributed by atoms with Crippen LogP contribution in [0.1, 0.15) is 75.3 Å². The Hall–Kier alpha value is -2.05. The number of rotatable bonds is 5. The number of benzene rings is 1. The second-order valence-electron chi connectivity index (χ2n) is 8.73. The molecule has 1 saturated carbocycles. The number of hydrogen-bond donors (Lipinski definition) is 1. The fraction of sp³-hybridized carbons (Fsp3) is 0.652. The molecule has 1 saturated heterocycles. The minimum absolute atomic E-state index is 0.0488. The molecule has 7 heteroatoms. The zero-order chi connectivity index (χ0) is 21.7. The highest BCUT2D eigenvalue weighted by Crippen LogP contribution is 2.31. The normalized spacial score (nSPS) is 20.1. The monoisotopic (exact) mass is 424 g/mol. The summed E-state index contributed by atoms with van der Waals surface area (Å²) in [7, 11) is 0. The van der Waals surface area contributed by atoms with Crippen LogP contribution in [0.3, 0.4) is 0 Å². The van der Waals surface area contributed by atoms with Gasteiger partial charge in [0.2, 0.25) is 11.8 Å². The summed E-state index contributed by atoms with van der Waals surface area (Å²) in [5.74, 6) is 0.185. The minimum atomic E-state index is -4.35. The molecule has 0 aromatic heterocycles. The molecule has 0 spiro atoms. The maximum atomic E-state index is 12.7. The number of carbonyl (C=O) groups excluding carboxylic acids is 2. The lowest BCUT2D eigenvalue weighted by Gasteiger charge is -2.35. The Balaban J connectivity index is 1.42. The van der Waals surface area contributed by atoms with Crippen molar-refractivity contribution in [1.82, 2.24) is 10.2 Å². The third-order valence-corrected chi connectivity index (χ3v) is 6.42. The highest BCUT2D eigenvalue weighted by molar-refractivity contribution is 5.79. The first-order valence-electron chi connectivity index (χ1n) is 11.0. The SMILES string of the molecule is CC(CC(=O)NC1CCN(C(=O)C2CCCCC2)CC1)c1ccc(C(F)(F)F)cc1. The van der Waals surface area contributed by atoms with Crippen molar-refractivity contribution in [2.24, 2.45) is 5.92 Å². The second kappa shape index (κ2) is 9.84. The van der Waals surface area contributed by atoms with Gasteiger partial charge in [-0.05, 0) is 49.3 Å². The van der Waals surface area contributed by atoms with E-state index in [4.69, 9.17) is 0 Å². The van der Waals surface area contributed by atoms with E-state index >= 15 is 0 Å². The molecule has 2 fully saturated rings. The van der Waals surface area contributed by atoms with Crippen LogP contribution in [0.25, 0.3) is 0 Å². The Morgan fingerprint density at radius 1 is 1.03 bits per heavy atom. The highest BCUT2D eigenvalue weighted by Gasteiger charge is 2.31. The minimum Gasteiger partial charge on any atom is -0.353 e. The number of piperidine rings is 1. The molecule has 1 aliphatic heterocycles. The molecule has 0 radical (unpaired) electrons. The number of carbonyl (C=O) groups is 2. The van der Waals surface area contributed by atoms with Crippen LogP contribution in [0.5, 0.6) is 0 Å². The molecule has 1 aromatic carbocycles. The molecular weight excluding hydrogens is 393 g/mol. The lowest BCUT2D eigenvalue weighted by molar-refractivity contribution is -0.138. The maximum Gasteiger partial charge on any atom is 0.416 e. The van der Waals surface area contributed by atoms with Crippen molar-refractivity contribution in [3.8, 4) is 0 Å². The van der Waals surface area contributed by atoms with Crippen molar-refractivity contribution >= 4 is 11.8 Å². The number of nitrogens with one attached hydrogen (secondary N) is 1. The van der Waals surface area contributed by atoms with E-state index in [1.54, 1.807) is 0 Å². The van der Waals surface area contributed by atoms with Gasteiger partial charge in [0.05, 0.1) is 5.56 Å². The van der Waals surface area contributed by atoms with Crippen LogP contribution in [0.15, 0.2) is 24.3 Å². The maximum absolute atomic E-state index is 12.7. The van der Waals surface area contributed by atoms with E-state index in [9.17, 15) is 22.8 Å². The third kappa shape index (κ3) is 5.99. The molecule has 3 rings (SSSR count). The van der Waals surface area contributed by atoms with Gasteiger partial charge in [0, 0.05) is 31.5 Å². The van der Waals surface area contributed by atoms with Crippen LogP contribution in [0.4, 0.5) is 13.2 Å². The van der Waals surface area contributed by atoms with Crippen LogP contribution in [0, 0.1) is 5.92 Å². The smallest absolute Gasteiger partial charge is 0.353 e. The summed E-state index contributed by atoms with van der Waals surface area (Å²) in [6.45, 7) is 3.19. The van der Waals surface area contributed by atoms with Crippen molar-refractivity contribution < 1.29 is 22.8 Å². The van der Waals surface area contributed by atoms with Gasteiger partial charge >= 0.3 is 6.18 Å². The van der Waals surface area contributed by atoms with E-state index in [0.29, 0.717) is 18.7 Å². The zero-order valence-electron chi connectivity index (χ0n) is 17.5. The predicted molar refractivity (Wildman–Crippen MR) is 109 cm³/mol. The molecule has 1 heterocycles. The summed E-state index contributed by atoms with van der Waals surface area (Å²) in [4.78, 5) is 27.0. The molecule has 2 aliphatic rings. The van der Waals surface area contributed by atoms with Crippen molar-refractivity contribution in [2.45, 2.75) is 76.4 Å². The Bertz CT molecular complexity index is 719. The molecule has 0 bridgehead atoms. The molecule has 30 heavy (non-hydrogen) atoms. The van der Waals surface area contributed by atoms with Crippen LogP contribution in [-0.2, 0) is 15.8 Å². The van der Waals surface area contributed by atoms with Crippen LogP contribution in [0.2, 0.25) is 0 Å². The lowest BCUT2D eigenvalue weighted by Crippen LogP contribution is -2.48. The summed E-state index contributed by atoms with van der Waals surface area (Å²) in [6.07, 6.45) is 2.87. The largest absolute Gasteiger partial charge is 0.416 e. The van der Waals surface area contributed by atoms with E-state index in [1.165, 1.54) is 18.6 Å². The Morgan fingerprint density at radius 2 is 1.63 bits per heavy atom. The number of hydrogen-bond acceptors (Lipinski definition) is 2. The van der Waals surface area contributed by atoms with Crippen molar-refractivity contribution in [3.63, 3.8) is 0 Å². The summed E-state index contributed by atoms with van der Waals surface area (Å²) < 4.78 is 38.1. The van der Waals surface area contributed by atoms with Crippen LogP contribution >= 0.6 is 0 Å². The van der Waals surface area contributed by atoms with Gasteiger partial charge in [-0.25, -0.2) is 0 Å². The molecule has 2 amide bonds. The van der Waals surface area contributed by atoms with E-state index in [-0.39, 0.29) is 36.1 Å². The topological polar surface area (TPSA) is 49.4 Å². The number of nitrogens with zero attached hydrogens (tertiary/aromatic N) is 1. The molecule has 166 valence electrons. The molecule has 1 N–H and O–H groups in total. The first kappa shape index (κ1) is 22.6. The van der Waals surface area contributed by atoms with E-state index in [0.717, 1.165) is 50.7 Å². The first-order valence-corrected chi connectivity index (χ1v) is 11.0. The third-order valence-electron chi connectivity index (χ3n) is 6.42. The Labute approximate surface area is 176 Å². The van der Waals surface area contributed by atoms with Gasteiger partial charge < -0.3 is 10.2 Å². The average molecular weight is 425 g/mol. The lowest BCUT2D eigenvalue weighted by atomic mass is 9.87. The molecule has 1 unspecified atom stereocenters. The molecule has 4 nitrogen and oxygen atoms in total. The fourth-order valence-electron chi connectivity index (χ4n) is 4.54. The quantitative estimate of drug-likeness (QED) is 0.732. The van der Waals surface area contributed by atoms with Crippen molar-refractivity contribution in [2.75, 3.05) is 13.1 Å². The first-order chi connectivity index (χ1) is 14.2. The zero-order valence-corrected chi connectivity index (χ0v) is 17.5. The standard InChI is InChI=1S/C23H31F3N2O2/c1-16(17-7-9-19(10-8-17)23(24,25)26)15-21(29)27-20-11-13-28(14-12-20)22(30)18-5-3-2-4-6-18/h7-10,16,18,20H,2-6,11-15H2,1H3,(H,27,29). The van der Waals surface area contributed by atoms with Gasteiger partial charge in [-0.15, -0.1) is 0 Å². The highest BCUT2D eigenvalue weighted by atomic mass is 19.4. The average Bonchev–Trinajstić information content (AvgIpc) is 2.74. The molecule has 1 aliphatic carbocycles. The van der Waals surface area contributed by atoms with Crippen LogP contribution in [-0.4, -0.2) is 35.8 Å². The van der Waals surface area contributed by atoms with Gasteiger partial charge in [-0.1, -0.05) is 38.3 Å². The Morgan fingerprint density at radius 3 is 2.20 bits per heavy atom. The second-order valence-corrected chi connectivity index (χ2v) is 8.73. The molecular formula is C23H31F3N2O2. The summed E-state index contributed by atoms with van der Waals surface area (Å²) in [6, 6.07) is 5.05. The number of alkyl halides is 3. The van der Waals surface area contributed by atoms with E-state index in [2.05, 4.69) is 5.32 Å². The summed E-state index contributed by atoms with van der Waals surface area (Å²) in [5.41, 5.74) is 0.0310. The van der Waals surface area contributed by atoms with Gasteiger partial charge in [0.15, 0.2) is 0 Å². The van der Waals surface area contributed by atoms with Gasteiger partial charge in [-0.3, -0.25) is 9.59 Å². The number of amides is 2. The van der Waals surface area contributed by atoms with Crippen molar-refractivity contribution in [3.05, 3.63) is 35.4 Å².